The van der Waals surface area contributed by atoms with Crippen molar-refractivity contribution >= 4 is 39.6 Å². The van der Waals surface area contributed by atoms with Crippen molar-refractivity contribution in [3.8, 4) is 0 Å². The molecule has 10 nitrogen and oxygen atoms in total. The lowest BCUT2D eigenvalue weighted by atomic mass is 10.2. The van der Waals surface area contributed by atoms with E-state index in [9.17, 15) is 28.1 Å². The first-order valence-electron chi connectivity index (χ1n) is 7.34. The van der Waals surface area contributed by atoms with Gasteiger partial charge in [0.25, 0.3) is 15.8 Å². The fourth-order valence-corrected chi connectivity index (χ4v) is 3.37. The topological polar surface area (TPSA) is 133 Å². The minimum Gasteiger partial charge on any atom is -0.445 e. The molecule has 1 aromatic carbocycles. The van der Waals surface area contributed by atoms with Gasteiger partial charge in [0.2, 0.25) is 5.12 Å². The molecule has 0 unspecified atom stereocenters. The fraction of sp³-hybridized carbons (Fsp3) is 0.429. The van der Waals surface area contributed by atoms with E-state index in [1.54, 1.807) is 0 Å². The van der Waals surface area contributed by atoms with E-state index in [1.807, 2.05) is 0 Å². The maximum Gasteiger partial charge on any atom is 0.410 e. The highest BCUT2D eigenvalue weighted by Crippen LogP contribution is 2.24. The van der Waals surface area contributed by atoms with Crippen LogP contribution in [0.3, 0.4) is 0 Å². The quantitative estimate of drug-likeness (QED) is 0.323. The number of thiol groups is 1. The number of ether oxygens (including phenoxy) is 1. The Kier molecular flexibility index (Phi) is 6.21. The van der Waals surface area contributed by atoms with Gasteiger partial charge in [-0.1, -0.05) is 0 Å². The molecule has 0 radical (unpaired) electrons. The van der Waals surface area contributed by atoms with Crippen LogP contribution < -0.4 is 0 Å². The minimum atomic E-state index is -3.74. The van der Waals surface area contributed by atoms with Gasteiger partial charge in [0.15, 0.2) is 0 Å². The largest absolute Gasteiger partial charge is 0.445 e. The average molecular weight is 404 g/mol. The van der Waals surface area contributed by atoms with Gasteiger partial charge in [-0.2, -0.15) is 8.42 Å². The Morgan fingerprint density at radius 2 is 1.96 bits per heavy atom. The second kappa shape index (κ2) is 8.01. The average Bonchev–Trinajstić information content (AvgIpc) is 2.95. The summed E-state index contributed by atoms with van der Waals surface area (Å²) in [5.74, 6) is 0. The van der Waals surface area contributed by atoms with Crippen LogP contribution in [-0.2, 0) is 30.4 Å². The van der Waals surface area contributed by atoms with E-state index in [-0.39, 0.29) is 25.3 Å². The summed E-state index contributed by atoms with van der Waals surface area (Å²) in [5, 5.41) is 9.99. The van der Waals surface area contributed by atoms with Gasteiger partial charge in [0.05, 0.1) is 23.8 Å². The van der Waals surface area contributed by atoms with Gasteiger partial charge in [-0.25, -0.2) is 4.79 Å². The molecule has 0 spiro atoms. The van der Waals surface area contributed by atoms with Crippen LogP contribution >= 0.6 is 12.6 Å². The zero-order chi connectivity index (χ0) is 19.5. The van der Waals surface area contributed by atoms with E-state index < -0.39 is 38.4 Å². The number of nitro groups is 1. The molecule has 2 atom stereocenters. The van der Waals surface area contributed by atoms with Crippen molar-refractivity contribution in [3.63, 3.8) is 0 Å². The smallest absolute Gasteiger partial charge is 0.410 e. The first-order chi connectivity index (χ1) is 12.1. The van der Waals surface area contributed by atoms with Crippen LogP contribution in [0.15, 0.2) is 24.3 Å². The van der Waals surface area contributed by atoms with Gasteiger partial charge >= 0.3 is 6.09 Å². The Bertz CT molecular complexity index is 809. The van der Waals surface area contributed by atoms with Crippen molar-refractivity contribution in [2.24, 2.45) is 0 Å². The molecule has 1 aromatic rings. The van der Waals surface area contributed by atoms with Crippen molar-refractivity contribution < 1.29 is 31.9 Å². The summed E-state index contributed by atoms with van der Waals surface area (Å²) < 4.78 is 32.4. The Balaban J connectivity index is 2.00. The van der Waals surface area contributed by atoms with E-state index in [0.717, 1.165) is 11.2 Å². The Morgan fingerprint density at radius 1 is 1.35 bits per heavy atom. The molecule has 0 aromatic heterocycles. The van der Waals surface area contributed by atoms with E-state index >= 15 is 0 Å². The van der Waals surface area contributed by atoms with Crippen LogP contribution in [0.5, 0.6) is 0 Å². The summed E-state index contributed by atoms with van der Waals surface area (Å²) in [4.78, 5) is 34.9. The summed E-state index contributed by atoms with van der Waals surface area (Å²) >= 11 is 3.71. The Morgan fingerprint density at radius 3 is 2.46 bits per heavy atom. The molecule has 0 aliphatic carbocycles. The minimum absolute atomic E-state index is 0.0119. The molecule has 1 aliphatic rings. The summed E-state index contributed by atoms with van der Waals surface area (Å²) in [6.07, 6.45) is -0.837. The molecule has 1 heterocycles. The maximum atomic E-state index is 12.2. The normalized spacial score (nSPS) is 20.0. The molecule has 1 saturated heterocycles. The predicted octanol–water partition coefficient (Wildman–Crippen LogP) is 1.11. The lowest BCUT2D eigenvalue weighted by molar-refractivity contribution is -0.384. The summed E-state index contributed by atoms with van der Waals surface area (Å²) in [6, 6.07) is 4.46. The number of benzene rings is 1. The third-order valence-corrected chi connectivity index (χ3v) is 4.52. The molecule has 1 aliphatic heterocycles. The standard InChI is InChI=1S/C14H16N2O8S2/c1-26(21,22)24-11-6-12(13(17)25)15(7-11)14(18)23-8-9-2-4-10(5-3-9)16(19)20/h2-5,11-12H,6-8H2,1H3,(H,17,25)/t11-,12+/m1/s1. The summed E-state index contributed by atoms with van der Waals surface area (Å²) in [6.45, 7) is -0.304. The lowest BCUT2D eigenvalue weighted by Gasteiger charge is -2.21. The number of hydrogen-bond acceptors (Lipinski definition) is 8. The molecule has 0 N–H and O–H groups in total. The van der Waals surface area contributed by atoms with Crippen molar-refractivity contribution in [2.45, 2.75) is 25.2 Å². The number of carbonyl (C=O) groups is 2. The lowest BCUT2D eigenvalue weighted by Crippen LogP contribution is -2.39. The highest BCUT2D eigenvalue weighted by atomic mass is 32.2. The van der Waals surface area contributed by atoms with Crippen molar-refractivity contribution in [1.29, 1.82) is 0 Å². The van der Waals surface area contributed by atoms with Crippen molar-refractivity contribution in [2.75, 3.05) is 12.8 Å². The molecule has 1 amide bonds. The van der Waals surface area contributed by atoms with Gasteiger partial charge in [0, 0.05) is 18.6 Å². The van der Waals surface area contributed by atoms with Crippen LogP contribution in [0.1, 0.15) is 12.0 Å². The van der Waals surface area contributed by atoms with E-state index in [0.29, 0.717) is 5.56 Å². The first-order valence-corrected chi connectivity index (χ1v) is 9.61. The molecule has 0 saturated carbocycles. The number of amides is 1. The van der Waals surface area contributed by atoms with Crippen LogP contribution in [0.25, 0.3) is 0 Å². The SMILES string of the molecule is CS(=O)(=O)O[C@@H]1C[C@@H](C(=O)S)N(C(=O)OCc2ccc([N+](=O)[O-])cc2)C1. The first kappa shape index (κ1) is 20.1. The van der Waals surface area contributed by atoms with E-state index in [2.05, 4.69) is 12.6 Å². The van der Waals surface area contributed by atoms with Gasteiger partial charge in [0.1, 0.15) is 12.6 Å². The highest BCUT2D eigenvalue weighted by Gasteiger charge is 2.41. The predicted molar refractivity (Wildman–Crippen MR) is 92.1 cm³/mol. The molecule has 2 rings (SSSR count). The zero-order valence-corrected chi connectivity index (χ0v) is 15.3. The molecule has 142 valence electrons. The molecular formula is C14H16N2O8S2. The van der Waals surface area contributed by atoms with Crippen molar-refractivity contribution in [1.82, 2.24) is 4.90 Å². The monoisotopic (exact) mass is 404 g/mol. The van der Waals surface area contributed by atoms with Crippen LogP contribution in [0.2, 0.25) is 0 Å². The van der Waals surface area contributed by atoms with E-state index in [4.69, 9.17) is 8.92 Å². The van der Waals surface area contributed by atoms with Gasteiger partial charge < -0.3 is 4.74 Å². The number of hydrogen-bond donors (Lipinski definition) is 1. The van der Waals surface area contributed by atoms with Crippen LogP contribution in [-0.4, -0.2) is 54.4 Å². The van der Waals surface area contributed by atoms with Gasteiger partial charge in [-0.15, -0.1) is 12.6 Å². The second-order valence-electron chi connectivity index (χ2n) is 5.64. The Labute approximate surface area is 154 Å². The number of nitrogens with zero attached hydrogens (tertiary/aromatic N) is 2. The number of nitro benzene ring substituents is 1. The van der Waals surface area contributed by atoms with Crippen molar-refractivity contribution in [3.05, 3.63) is 39.9 Å². The Hall–Kier alpha value is -2.18. The van der Waals surface area contributed by atoms with Gasteiger partial charge in [-0.3, -0.25) is 24.0 Å². The summed E-state index contributed by atoms with van der Waals surface area (Å²) in [7, 11) is -3.74. The number of likely N-dealkylation sites (tertiary alicyclic amines) is 1. The number of carbonyl (C=O) groups excluding carboxylic acids is 2. The third kappa shape index (κ3) is 5.41. The summed E-state index contributed by atoms with van der Waals surface area (Å²) in [5.41, 5.74) is 0.418. The molecule has 0 bridgehead atoms. The van der Waals surface area contributed by atoms with Crippen LogP contribution in [0, 0.1) is 10.1 Å². The second-order valence-corrected chi connectivity index (χ2v) is 7.68. The molecule has 12 heteroatoms. The van der Waals surface area contributed by atoms with Crippen LogP contribution in [0.4, 0.5) is 10.5 Å². The fourth-order valence-electron chi connectivity index (χ4n) is 2.49. The maximum absolute atomic E-state index is 12.2. The molecule has 26 heavy (non-hydrogen) atoms. The van der Waals surface area contributed by atoms with E-state index in [1.165, 1.54) is 24.3 Å². The van der Waals surface area contributed by atoms with Gasteiger partial charge in [-0.05, 0) is 17.7 Å². The number of non-ortho nitro benzene ring substituents is 1. The highest BCUT2D eigenvalue weighted by molar-refractivity contribution is 7.96. The third-order valence-electron chi connectivity index (χ3n) is 3.60. The molecular weight excluding hydrogens is 388 g/mol. The number of rotatable bonds is 6. The molecule has 1 fully saturated rings. The zero-order valence-electron chi connectivity index (χ0n) is 13.6.